The van der Waals surface area contributed by atoms with Gasteiger partial charge >= 0.3 is 6.09 Å². The van der Waals surface area contributed by atoms with Crippen molar-refractivity contribution < 1.29 is 22.7 Å². The number of amides is 1. The minimum atomic E-state index is -3.99. The van der Waals surface area contributed by atoms with Gasteiger partial charge in [0, 0.05) is 0 Å². The van der Waals surface area contributed by atoms with Gasteiger partial charge in [-0.2, -0.15) is 0 Å². The van der Waals surface area contributed by atoms with Crippen LogP contribution in [0.5, 0.6) is 0 Å². The maximum absolute atomic E-state index is 12.3. The van der Waals surface area contributed by atoms with Crippen molar-refractivity contribution in [1.82, 2.24) is 5.32 Å². The Bertz CT molecular complexity index is 592. The summed E-state index contributed by atoms with van der Waals surface area (Å²) in [6.07, 6.45) is -0.941. The Labute approximate surface area is 118 Å². The first-order valence-electron chi connectivity index (χ1n) is 6.03. The van der Waals surface area contributed by atoms with Gasteiger partial charge < -0.3 is 4.74 Å². The van der Waals surface area contributed by atoms with Crippen LogP contribution in [-0.4, -0.2) is 32.3 Å². The van der Waals surface area contributed by atoms with Crippen molar-refractivity contribution in [3.8, 4) is 0 Å². The van der Waals surface area contributed by atoms with Gasteiger partial charge in [0.1, 0.15) is 0 Å². The van der Waals surface area contributed by atoms with Crippen molar-refractivity contribution in [2.45, 2.75) is 31.0 Å². The van der Waals surface area contributed by atoms with Crippen LogP contribution in [0, 0.1) is 6.92 Å². The highest BCUT2D eigenvalue weighted by Gasteiger charge is 2.33. The van der Waals surface area contributed by atoms with E-state index in [2.05, 4.69) is 10.1 Å². The van der Waals surface area contributed by atoms with E-state index >= 15 is 0 Å². The molecular formula is C13H17NO5S. The van der Waals surface area contributed by atoms with Gasteiger partial charge in [0.2, 0.25) is 9.84 Å². The summed E-state index contributed by atoms with van der Waals surface area (Å²) in [6, 6.07) is 6.03. The van der Waals surface area contributed by atoms with Crippen LogP contribution in [0.1, 0.15) is 19.4 Å². The predicted octanol–water partition coefficient (Wildman–Crippen LogP) is 1.43. The third-order valence-corrected chi connectivity index (χ3v) is 4.55. The summed E-state index contributed by atoms with van der Waals surface area (Å²) in [5.74, 6) is -0.682. The summed E-state index contributed by atoms with van der Waals surface area (Å²) in [5, 5.41) is 0.423. The first-order chi connectivity index (χ1) is 9.28. The van der Waals surface area contributed by atoms with Crippen molar-refractivity contribution in [2.24, 2.45) is 0 Å². The first-order valence-corrected chi connectivity index (χ1v) is 7.58. The van der Waals surface area contributed by atoms with Gasteiger partial charge in [-0.3, -0.25) is 10.1 Å². The van der Waals surface area contributed by atoms with E-state index in [1.54, 1.807) is 19.1 Å². The van der Waals surface area contributed by atoms with Gasteiger partial charge in [-0.15, -0.1) is 0 Å². The summed E-state index contributed by atoms with van der Waals surface area (Å²) in [4.78, 5) is 22.8. The quantitative estimate of drug-likeness (QED) is 0.888. The number of alkyl carbamates (subject to hydrolysis) is 1. The molecule has 0 bridgehead atoms. The average Bonchev–Trinajstić information content (AvgIpc) is 2.36. The van der Waals surface area contributed by atoms with E-state index in [1.165, 1.54) is 12.1 Å². The lowest BCUT2D eigenvalue weighted by Crippen LogP contribution is -2.45. The van der Waals surface area contributed by atoms with Crippen molar-refractivity contribution >= 4 is 21.7 Å². The number of carbonyl (C=O) groups excluding carboxylic acids is 2. The fourth-order valence-electron chi connectivity index (χ4n) is 1.54. The Balaban J connectivity index is 3.09. The molecule has 0 saturated carbocycles. The third-order valence-electron chi connectivity index (χ3n) is 2.55. The SMILES string of the molecule is CCOC(=O)NC(C(C)=O)S(=O)(=O)c1ccc(C)cc1. The number of hydrogen-bond acceptors (Lipinski definition) is 5. The van der Waals surface area contributed by atoms with E-state index in [4.69, 9.17) is 0 Å². The second-order valence-electron chi connectivity index (χ2n) is 4.21. The molecule has 0 aromatic heterocycles. The Morgan fingerprint density at radius 2 is 1.80 bits per heavy atom. The Hall–Kier alpha value is -1.89. The molecule has 20 heavy (non-hydrogen) atoms. The number of rotatable bonds is 5. The summed E-state index contributed by atoms with van der Waals surface area (Å²) in [7, 11) is -3.99. The second kappa shape index (κ2) is 6.51. The average molecular weight is 299 g/mol. The Kier molecular flexibility index (Phi) is 5.26. The molecule has 1 unspecified atom stereocenters. The van der Waals surface area contributed by atoms with Crippen LogP contribution in [0.25, 0.3) is 0 Å². The second-order valence-corrected chi connectivity index (χ2v) is 6.25. The molecule has 6 nitrogen and oxygen atoms in total. The number of hydrogen-bond donors (Lipinski definition) is 1. The zero-order valence-electron chi connectivity index (χ0n) is 11.5. The van der Waals surface area contributed by atoms with E-state index in [-0.39, 0.29) is 11.5 Å². The molecule has 1 rings (SSSR count). The van der Waals surface area contributed by atoms with Gasteiger partial charge in [0.05, 0.1) is 11.5 Å². The highest BCUT2D eigenvalue weighted by atomic mass is 32.2. The van der Waals surface area contributed by atoms with Crippen LogP contribution in [0.15, 0.2) is 29.2 Å². The molecule has 1 atom stereocenters. The van der Waals surface area contributed by atoms with E-state index in [1.807, 2.05) is 6.92 Å². The van der Waals surface area contributed by atoms with Crippen LogP contribution < -0.4 is 5.32 Å². The number of nitrogens with one attached hydrogen (secondary N) is 1. The molecule has 0 spiro atoms. The minimum absolute atomic E-state index is 0.0277. The maximum Gasteiger partial charge on any atom is 0.408 e. The molecule has 0 aliphatic heterocycles. The summed E-state index contributed by atoms with van der Waals surface area (Å²) in [5.41, 5.74) is 0.890. The van der Waals surface area contributed by atoms with E-state index < -0.39 is 27.1 Å². The monoisotopic (exact) mass is 299 g/mol. The van der Waals surface area contributed by atoms with Crippen LogP contribution in [0.2, 0.25) is 0 Å². The lowest BCUT2D eigenvalue weighted by Gasteiger charge is -2.16. The summed E-state index contributed by atoms with van der Waals surface area (Å²) in [6.45, 7) is 4.58. The smallest absolute Gasteiger partial charge is 0.408 e. The van der Waals surface area contributed by atoms with E-state index in [0.29, 0.717) is 0 Å². The molecule has 0 aliphatic rings. The molecule has 1 amide bonds. The zero-order valence-corrected chi connectivity index (χ0v) is 12.4. The maximum atomic E-state index is 12.3. The zero-order chi connectivity index (χ0) is 15.3. The summed E-state index contributed by atoms with van der Waals surface area (Å²) >= 11 is 0. The molecule has 110 valence electrons. The van der Waals surface area contributed by atoms with Gasteiger partial charge in [-0.1, -0.05) is 17.7 Å². The molecule has 0 saturated heterocycles. The standard InChI is InChI=1S/C13H17NO5S/c1-4-19-13(16)14-12(10(3)15)20(17,18)11-7-5-9(2)6-8-11/h5-8,12H,4H2,1-3H3,(H,14,16). The molecule has 0 aliphatic carbocycles. The number of aryl methyl sites for hydroxylation is 1. The van der Waals surface area contributed by atoms with Crippen molar-refractivity contribution in [2.75, 3.05) is 6.61 Å². The van der Waals surface area contributed by atoms with E-state index in [0.717, 1.165) is 12.5 Å². The number of sulfone groups is 1. The van der Waals surface area contributed by atoms with Crippen molar-refractivity contribution in [3.63, 3.8) is 0 Å². The Morgan fingerprint density at radius 1 is 1.25 bits per heavy atom. The largest absolute Gasteiger partial charge is 0.450 e. The van der Waals surface area contributed by atoms with Gasteiger partial charge in [-0.05, 0) is 32.9 Å². The molecule has 1 N–H and O–H groups in total. The van der Waals surface area contributed by atoms with E-state index in [9.17, 15) is 18.0 Å². The third kappa shape index (κ3) is 3.80. The first kappa shape index (κ1) is 16.2. The molecule has 0 radical (unpaired) electrons. The molecule has 0 heterocycles. The predicted molar refractivity (Wildman–Crippen MR) is 73.0 cm³/mol. The number of ether oxygens (including phenoxy) is 1. The molecular weight excluding hydrogens is 282 g/mol. The summed E-state index contributed by atoms with van der Waals surface area (Å²) < 4.78 is 29.3. The molecule has 0 fully saturated rings. The lowest BCUT2D eigenvalue weighted by molar-refractivity contribution is -0.117. The molecule has 1 aromatic carbocycles. The van der Waals surface area contributed by atoms with Crippen LogP contribution in [-0.2, 0) is 19.4 Å². The fraction of sp³-hybridized carbons (Fsp3) is 0.385. The topological polar surface area (TPSA) is 89.5 Å². The minimum Gasteiger partial charge on any atom is -0.450 e. The number of benzene rings is 1. The lowest BCUT2D eigenvalue weighted by atomic mass is 10.2. The highest BCUT2D eigenvalue weighted by Crippen LogP contribution is 2.16. The molecule has 1 aromatic rings. The van der Waals surface area contributed by atoms with Crippen molar-refractivity contribution in [1.29, 1.82) is 0 Å². The molecule has 7 heteroatoms. The highest BCUT2D eigenvalue weighted by molar-refractivity contribution is 7.92. The van der Waals surface area contributed by atoms with Crippen LogP contribution >= 0.6 is 0 Å². The Morgan fingerprint density at radius 3 is 2.25 bits per heavy atom. The van der Waals surface area contributed by atoms with Crippen molar-refractivity contribution in [3.05, 3.63) is 29.8 Å². The van der Waals surface area contributed by atoms with Gasteiger partial charge in [-0.25, -0.2) is 13.2 Å². The van der Waals surface area contributed by atoms with Crippen LogP contribution in [0.4, 0.5) is 4.79 Å². The van der Waals surface area contributed by atoms with Gasteiger partial charge in [0.25, 0.3) is 0 Å². The number of Topliss-reactive ketones (excluding diaryl/α,β-unsaturated/α-hetero) is 1. The fourth-order valence-corrected chi connectivity index (χ4v) is 3.02. The number of carbonyl (C=O) groups is 2. The van der Waals surface area contributed by atoms with Crippen LogP contribution in [0.3, 0.4) is 0 Å². The normalized spacial score (nSPS) is 12.6. The number of ketones is 1. The van der Waals surface area contributed by atoms with Gasteiger partial charge in [0.15, 0.2) is 11.2 Å².